The zero-order valence-corrected chi connectivity index (χ0v) is 15.2. The van der Waals surface area contributed by atoms with Gasteiger partial charge in [-0.3, -0.25) is 9.35 Å². The average Bonchev–Trinajstić information content (AvgIpc) is 2.50. The van der Waals surface area contributed by atoms with Gasteiger partial charge in [-0.05, 0) is 44.5 Å². The molecule has 1 aromatic carbocycles. The van der Waals surface area contributed by atoms with Gasteiger partial charge in [0.25, 0.3) is 10.1 Å². The highest BCUT2D eigenvalue weighted by Crippen LogP contribution is 2.28. The molecule has 1 aromatic rings. The average molecular weight is 380 g/mol. The van der Waals surface area contributed by atoms with E-state index >= 15 is 0 Å². The van der Waals surface area contributed by atoms with Crippen LogP contribution in [0.15, 0.2) is 17.0 Å². The van der Waals surface area contributed by atoms with Crippen LogP contribution in [0.25, 0.3) is 0 Å². The maximum absolute atomic E-state index is 11.6. The number of halogens is 1. The molecule has 136 valence electrons. The number of likely N-dealkylation sites (N-methyl/N-ethyl adjacent to an activating group) is 2. The van der Waals surface area contributed by atoms with Gasteiger partial charge in [-0.1, -0.05) is 11.6 Å². The van der Waals surface area contributed by atoms with Gasteiger partial charge in [-0.2, -0.15) is 8.42 Å². The molecule has 2 unspecified atom stereocenters. The lowest BCUT2D eigenvalue weighted by molar-refractivity contribution is -0.122. The first kappa shape index (κ1) is 20.7. The Bertz CT molecular complexity index is 696. The molecule has 0 heterocycles. The summed E-state index contributed by atoms with van der Waals surface area (Å²) in [6, 6.07) is 1.86. The third kappa shape index (κ3) is 5.60. The van der Waals surface area contributed by atoms with Crippen molar-refractivity contribution in [3.63, 3.8) is 0 Å². The van der Waals surface area contributed by atoms with Crippen LogP contribution in [0, 0.1) is 6.92 Å². The first-order valence-corrected chi connectivity index (χ1v) is 9.03. The Morgan fingerprint density at radius 3 is 2.42 bits per heavy atom. The highest BCUT2D eigenvalue weighted by atomic mass is 35.5. The number of hydrogen-bond acceptors (Lipinski definition) is 6. The Morgan fingerprint density at radius 2 is 1.92 bits per heavy atom. The molecule has 2 atom stereocenters. The van der Waals surface area contributed by atoms with Crippen LogP contribution in [-0.4, -0.2) is 50.3 Å². The van der Waals surface area contributed by atoms with E-state index in [0.29, 0.717) is 12.0 Å². The maximum atomic E-state index is 11.6. The first-order valence-electron chi connectivity index (χ1n) is 7.21. The number of carbonyl (C=O) groups is 1. The molecule has 8 nitrogen and oxygen atoms in total. The summed E-state index contributed by atoms with van der Waals surface area (Å²) in [6.07, 6.45) is -0.446. The zero-order valence-electron chi connectivity index (χ0n) is 13.6. The van der Waals surface area contributed by atoms with Gasteiger partial charge in [0.1, 0.15) is 6.23 Å². The Hall–Kier alpha value is -1.39. The molecule has 0 saturated carbocycles. The largest absolute Gasteiger partial charge is 0.374 e. The highest BCUT2D eigenvalue weighted by molar-refractivity contribution is 7.85. The van der Waals surface area contributed by atoms with Crippen LogP contribution >= 0.6 is 11.6 Å². The van der Waals surface area contributed by atoms with E-state index in [1.54, 1.807) is 14.0 Å². The van der Waals surface area contributed by atoms with Gasteiger partial charge in [0.2, 0.25) is 5.91 Å². The lowest BCUT2D eigenvalue weighted by atomic mass is 10.1. The summed E-state index contributed by atoms with van der Waals surface area (Å²) in [5.74, 6) is -0.197. The van der Waals surface area contributed by atoms with Crippen molar-refractivity contribution in [3.8, 4) is 0 Å². The second-order valence-electron chi connectivity index (χ2n) is 5.25. The predicted octanol–water partition coefficient (Wildman–Crippen LogP) is 0.740. The number of aliphatic hydroxyl groups excluding tert-OH is 1. The van der Waals surface area contributed by atoms with Crippen LogP contribution in [0.5, 0.6) is 0 Å². The van der Waals surface area contributed by atoms with Crippen LogP contribution in [0.4, 0.5) is 5.69 Å². The second kappa shape index (κ2) is 8.63. The fourth-order valence-corrected chi connectivity index (χ4v) is 2.93. The van der Waals surface area contributed by atoms with E-state index in [0.717, 1.165) is 6.07 Å². The molecule has 24 heavy (non-hydrogen) atoms. The quantitative estimate of drug-likeness (QED) is 0.333. The number of anilines is 1. The van der Waals surface area contributed by atoms with Crippen LogP contribution in [0.3, 0.4) is 0 Å². The predicted molar refractivity (Wildman–Crippen MR) is 91.8 cm³/mol. The van der Waals surface area contributed by atoms with Gasteiger partial charge in [-0.25, -0.2) is 0 Å². The normalized spacial score (nSPS) is 14.1. The van der Waals surface area contributed by atoms with E-state index in [1.807, 2.05) is 0 Å². The molecule has 5 N–H and O–H groups in total. The van der Waals surface area contributed by atoms with Crippen molar-refractivity contribution in [2.45, 2.75) is 36.9 Å². The van der Waals surface area contributed by atoms with E-state index in [9.17, 15) is 18.3 Å². The summed E-state index contributed by atoms with van der Waals surface area (Å²) in [4.78, 5) is 11.2. The van der Waals surface area contributed by atoms with Crippen LogP contribution in [-0.2, 0) is 14.9 Å². The van der Waals surface area contributed by atoms with Gasteiger partial charge >= 0.3 is 0 Å². The Kier molecular flexibility index (Phi) is 7.43. The molecule has 1 amide bonds. The highest BCUT2D eigenvalue weighted by Gasteiger charge is 2.19. The minimum absolute atomic E-state index is 0.137. The van der Waals surface area contributed by atoms with Gasteiger partial charge in [0.05, 0.1) is 10.9 Å². The number of amides is 1. The van der Waals surface area contributed by atoms with Crippen molar-refractivity contribution in [2.24, 2.45) is 0 Å². The molecular weight excluding hydrogens is 358 g/mol. The second-order valence-corrected chi connectivity index (χ2v) is 7.07. The minimum atomic E-state index is -4.41. The number of rotatable bonds is 8. The van der Waals surface area contributed by atoms with Gasteiger partial charge in [0, 0.05) is 17.8 Å². The molecule has 0 aliphatic heterocycles. The topological polar surface area (TPSA) is 128 Å². The van der Waals surface area contributed by atoms with E-state index in [2.05, 4.69) is 16.0 Å². The number of nitrogens with one attached hydrogen (secondary N) is 3. The smallest absolute Gasteiger partial charge is 0.294 e. The van der Waals surface area contributed by atoms with E-state index in [-0.39, 0.29) is 27.9 Å². The van der Waals surface area contributed by atoms with Gasteiger partial charge < -0.3 is 21.1 Å². The van der Waals surface area contributed by atoms with Gasteiger partial charge in [-0.15, -0.1) is 0 Å². The third-order valence-corrected chi connectivity index (χ3v) is 4.80. The van der Waals surface area contributed by atoms with Crippen molar-refractivity contribution >= 4 is 33.3 Å². The lowest BCUT2D eigenvalue weighted by Gasteiger charge is -2.20. The number of hydrogen-bond donors (Lipinski definition) is 5. The Balaban J connectivity index is 2.85. The van der Waals surface area contributed by atoms with E-state index in [4.69, 9.17) is 16.2 Å². The molecular formula is C14H22ClN3O5S. The molecule has 0 spiro atoms. The van der Waals surface area contributed by atoms with Crippen molar-refractivity contribution in [1.82, 2.24) is 10.6 Å². The van der Waals surface area contributed by atoms with Crippen molar-refractivity contribution in [2.75, 3.05) is 19.4 Å². The van der Waals surface area contributed by atoms with E-state index < -0.39 is 22.4 Å². The molecule has 0 fully saturated rings. The monoisotopic (exact) mass is 379 g/mol. The molecule has 0 radical (unpaired) electrons. The number of benzene rings is 1. The minimum Gasteiger partial charge on any atom is -0.374 e. The van der Waals surface area contributed by atoms with Crippen molar-refractivity contribution in [3.05, 3.63) is 22.7 Å². The standard InChI is InChI=1S/C14H22ClN3O5S/c1-8-10(15)6-9(24(21,22)23)7-12(8)18-13(19)5-4-11(16-2)14(20)17-3/h6-7,11,13,16,18-19H,4-5H2,1-3H3,(H,17,20)(H,21,22,23). The van der Waals surface area contributed by atoms with Crippen molar-refractivity contribution < 1.29 is 22.9 Å². The zero-order chi connectivity index (χ0) is 18.5. The summed E-state index contributed by atoms with van der Waals surface area (Å²) in [5, 5.41) is 18.3. The summed E-state index contributed by atoms with van der Waals surface area (Å²) < 4.78 is 31.6. The maximum Gasteiger partial charge on any atom is 0.294 e. The number of carbonyl (C=O) groups excluding carboxylic acids is 1. The third-order valence-electron chi connectivity index (χ3n) is 3.58. The summed E-state index contributed by atoms with van der Waals surface area (Å²) >= 11 is 5.96. The molecule has 0 aliphatic rings. The lowest BCUT2D eigenvalue weighted by Crippen LogP contribution is -2.41. The molecule has 1 rings (SSSR count). The summed E-state index contributed by atoms with van der Waals surface area (Å²) in [7, 11) is -1.25. The first-order chi connectivity index (χ1) is 11.1. The Labute approximate surface area is 146 Å². The van der Waals surface area contributed by atoms with Crippen LogP contribution in [0.2, 0.25) is 5.02 Å². The van der Waals surface area contributed by atoms with E-state index in [1.165, 1.54) is 13.1 Å². The fraction of sp³-hybridized carbons (Fsp3) is 0.500. The van der Waals surface area contributed by atoms with Crippen LogP contribution in [0.1, 0.15) is 18.4 Å². The van der Waals surface area contributed by atoms with Crippen molar-refractivity contribution in [1.29, 1.82) is 0 Å². The molecule has 0 saturated heterocycles. The fourth-order valence-electron chi connectivity index (χ4n) is 2.11. The molecule has 0 aliphatic carbocycles. The number of aliphatic hydroxyl groups is 1. The molecule has 0 aromatic heterocycles. The molecule has 10 heteroatoms. The van der Waals surface area contributed by atoms with Crippen LogP contribution < -0.4 is 16.0 Å². The SMILES string of the molecule is CNC(=O)C(CCC(O)Nc1cc(S(=O)(=O)O)cc(Cl)c1C)NC. The van der Waals surface area contributed by atoms with Gasteiger partial charge in [0.15, 0.2) is 0 Å². The summed E-state index contributed by atoms with van der Waals surface area (Å²) in [5.41, 5.74) is 0.808. The summed E-state index contributed by atoms with van der Waals surface area (Å²) in [6.45, 7) is 1.64. The Morgan fingerprint density at radius 1 is 1.29 bits per heavy atom. The molecule has 0 bridgehead atoms.